The summed E-state index contributed by atoms with van der Waals surface area (Å²) in [5.74, 6) is -2.60. The summed E-state index contributed by atoms with van der Waals surface area (Å²) in [4.78, 5) is 29.3. The minimum absolute atomic E-state index is 0.212. The Morgan fingerprint density at radius 2 is 1.76 bits per heavy atom. The Labute approximate surface area is 172 Å². The number of hydrogen-bond acceptors (Lipinski definition) is 3. The van der Waals surface area contributed by atoms with Crippen molar-refractivity contribution >= 4 is 34.7 Å². The summed E-state index contributed by atoms with van der Waals surface area (Å²) >= 11 is 5.97. The highest BCUT2D eigenvalue weighted by Crippen LogP contribution is 2.37. The Morgan fingerprint density at radius 3 is 2.41 bits per heavy atom. The third-order valence-corrected chi connectivity index (χ3v) is 5.57. The van der Waals surface area contributed by atoms with Crippen LogP contribution in [0.25, 0.3) is 5.57 Å². The zero-order chi connectivity index (χ0) is 20.7. The molecule has 0 aromatic heterocycles. The summed E-state index contributed by atoms with van der Waals surface area (Å²) in [5.41, 5.74) is 0.746. The van der Waals surface area contributed by atoms with Gasteiger partial charge in [-0.05, 0) is 48.6 Å². The molecule has 4 nitrogen and oxygen atoms in total. The molecular formula is C22H19ClF2N2O2. The van der Waals surface area contributed by atoms with E-state index in [9.17, 15) is 18.4 Å². The average molecular weight is 417 g/mol. The predicted molar refractivity (Wildman–Crippen MR) is 107 cm³/mol. The molecule has 2 aliphatic heterocycles. The highest BCUT2D eigenvalue weighted by atomic mass is 35.5. The standard InChI is InChI=1S/C22H19ClF2N2O2/c1-13-3-2-10-26(12-13)20-19(14-4-6-15(23)7-5-14)21(28)27(22(20)29)18-9-8-16(24)11-17(18)25/h4-9,11,13H,2-3,10,12H2,1H3. The molecule has 150 valence electrons. The number of carbonyl (C=O) groups is 2. The number of carbonyl (C=O) groups excluding carboxylic acids is 2. The third-order valence-electron chi connectivity index (χ3n) is 5.32. The van der Waals surface area contributed by atoms with Gasteiger partial charge in [0.15, 0.2) is 0 Å². The van der Waals surface area contributed by atoms with Crippen molar-refractivity contribution in [2.45, 2.75) is 19.8 Å². The Hall–Kier alpha value is -2.73. The molecule has 1 fully saturated rings. The van der Waals surface area contributed by atoms with E-state index in [0.29, 0.717) is 35.7 Å². The molecule has 2 aliphatic rings. The number of anilines is 1. The molecular weight excluding hydrogens is 398 g/mol. The van der Waals surface area contributed by atoms with Crippen molar-refractivity contribution in [2.75, 3.05) is 18.0 Å². The Morgan fingerprint density at radius 1 is 1.03 bits per heavy atom. The number of nitrogens with zero attached hydrogens (tertiary/aromatic N) is 2. The van der Waals surface area contributed by atoms with Gasteiger partial charge in [0.1, 0.15) is 17.3 Å². The summed E-state index contributed by atoms with van der Waals surface area (Å²) in [6.45, 7) is 3.36. The smallest absolute Gasteiger partial charge is 0.282 e. The maximum absolute atomic E-state index is 14.4. The van der Waals surface area contributed by atoms with Gasteiger partial charge in [0, 0.05) is 24.2 Å². The van der Waals surface area contributed by atoms with E-state index in [0.717, 1.165) is 29.9 Å². The molecule has 1 unspecified atom stereocenters. The maximum atomic E-state index is 14.4. The van der Waals surface area contributed by atoms with Crippen LogP contribution in [0.3, 0.4) is 0 Å². The number of halogens is 3. The topological polar surface area (TPSA) is 40.6 Å². The Bertz CT molecular complexity index is 1020. The van der Waals surface area contributed by atoms with Crippen molar-refractivity contribution < 1.29 is 18.4 Å². The third kappa shape index (κ3) is 3.53. The molecule has 0 bridgehead atoms. The van der Waals surface area contributed by atoms with Crippen LogP contribution < -0.4 is 4.90 Å². The second-order valence-electron chi connectivity index (χ2n) is 7.47. The zero-order valence-corrected chi connectivity index (χ0v) is 16.5. The number of rotatable bonds is 3. The number of piperidine rings is 1. The lowest BCUT2D eigenvalue weighted by molar-refractivity contribution is -0.120. The monoisotopic (exact) mass is 416 g/mol. The van der Waals surface area contributed by atoms with E-state index in [1.807, 2.05) is 4.90 Å². The van der Waals surface area contributed by atoms with Gasteiger partial charge in [-0.15, -0.1) is 0 Å². The first-order valence-corrected chi connectivity index (χ1v) is 9.83. The minimum atomic E-state index is -0.963. The van der Waals surface area contributed by atoms with Crippen molar-refractivity contribution in [1.82, 2.24) is 4.90 Å². The molecule has 0 aliphatic carbocycles. The highest BCUT2D eigenvalue weighted by molar-refractivity contribution is 6.45. The second-order valence-corrected chi connectivity index (χ2v) is 7.90. The van der Waals surface area contributed by atoms with E-state index < -0.39 is 23.4 Å². The molecule has 0 saturated carbocycles. The van der Waals surface area contributed by atoms with E-state index in [4.69, 9.17) is 11.6 Å². The van der Waals surface area contributed by atoms with Crippen LogP contribution in [-0.4, -0.2) is 29.8 Å². The molecule has 1 atom stereocenters. The number of likely N-dealkylation sites (tertiary alicyclic amines) is 1. The fourth-order valence-electron chi connectivity index (χ4n) is 3.96. The van der Waals surface area contributed by atoms with Crippen LogP contribution in [0.15, 0.2) is 48.2 Å². The highest BCUT2D eigenvalue weighted by Gasteiger charge is 2.44. The van der Waals surface area contributed by atoms with Gasteiger partial charge < -0.3 is 4.90 Å². The maximum Gasteiger partial charge on any atom is 0.282 e. The summed E-state index contributed by atoms with van der Waals surface area (Å²) in [6.07, 6.45) is 1.93. The molecule has 1 saturated heterocycles. The molecule has 29 heavy (non-hydrogen) atoms. The SMILES string of the molecule is CC1CCCN(C2=C(c3ccc(Cl)cc3)C(=O)N(c3ccc(F)cc3F)C2=O)C1. The second kappa shape index (κ2) is 7.59. The molecule has 7 heteroatoms. The van der Waals surface area contributed by atoms with Crippen molar-refractivity contribution in [2.24, 2.45) is 5.92 Å². The van der Waals surface area contributed by atoms with Crippen LogP contribution in [0, 0.1) is 17.6 Å². The van der Waals surface area contributed by atoms with E-state index in [2.05, 4.69) is 6.92 Å². The number of hydrogen-bond donors (Lipinski definition) is 0. The Balaban J connectivity index is 1.84. The summed E-state index contributed by atoms with van der Waals surface area (Å²) in [7, 11) is 0. The van der Waals surface area contributed by atoms with Crippen LogP contribution in [0.1, 0.15) is 25.3 Å². The van der Waals surface area contributed by atoms with E-state index >= 15 is 0 Å². The van der Waals surface area contributed by atoms with Crippen LogP contribution in [0.4, 0.5) is 14.5 Å². The van der Waals surface area contributed by atoms with Gasteiger partial charge in [-0.25, -0.2) is 13.7 Å². The van der Waals surface area contributed by atoms with Crippen LogP contribution >= 0.6 is 11.6 Å². The van der Waals surface area contributed by atoms with Crippen molar-refractivity contribution in [3.05, 3.63) is 70.4 Å². The van der Waals surface area contributed by atoms with Gasteiger partial charge in [-0.2, -0.15) is 0 Å². The lowest BCUT2D eigenvalue weighted by Crippen LogP contribution is -2.39. The Kier molecular flexibility index (Phi) is 5.13. The van der Waals surface area contributed by atoms with Crippen LogP contribution in [-0.2, 0) is 9.59 Å². The van der Waals surface area contributed by atoms with Crippen LogP contribution in [0.5, 0.6) is 0 Å². The first-order valence-electron chi connectivity index (χ1n) is 9.46. The molecule has 0 N–H and O–H groups in total. The molecule has 2 heterocycles. The quantitative estimate of drug-likeness (QED) is 0.685. The van der Waals surface area contributed by atoms with Gasteiger partial charge in [0.2, 0.25) is 0 Å². The lowest BCUT2D eigenvalue weighted by Gasteiger charge is -2.33. The van der Waals surface area contributed by atoms with E-state index in [1.54, 1.807) is 24.3 Å². The number of benzene rings is 2. The summed E-state index contributed by atoms with van der Waals surface area (Å²) in [5, 5.41) is 0.501. The van der Waals surface area contributed by atoms with E-state index in [-0.39, 0.29) is 17.0 Å². The van der Waals surface area contributed by atoms with Gasteiger partial charge >= 0.3 is 0 Å². The first kappa shape index (κ1) is 19.6. The van der Waals surface area contributed by atoms with Gasteiger partial charge in [-0.1, -0.05) is 30.7 Å². The average Bonchev–Trinajstić information content (AvgIpc) is 2.93. The van der Waals surface area contributed by atoms with Crippen LogP contribution in [0.2, 0.25) is 5.02 Å². The molecule has 2 aromatic carbocycles. The fourth-order valence-corrected chi connectivity index (χ4v) is 4.09. The van der Waals surface area contributed by atoms with Crippen molar-refractivity contribution in [1.29, 1.82) is 0 Å². The summed E-state index contributed by atoms with van der Waals surface area (Å²) < 4.78 is 27.8. The molecule has 2 amide bonds. The molecule has 2 aromatic rings. The van der Waals surface area contributed by atoms with Gasteiger partial charge in [0.25, 0.3) is 11.8 Å². The molecule has 4 rings (SSSR count). The lowest BCUT2D eigenvalue weighted by atomic mass is 9.98. The number of imide groups is 1. The molecule has 0 radical (unpaired) electrons. The van der Waals surface area contributed by atoms with Gasteiger partial charge in [0.05, 0.1) is 11.3 Å². The minimum Gasteiger partial charge on any atom is -0.366 e. The van der Waals surface area contributed by atoms with Crippen molar-refractivity contribution in [3.63, 3.8) is 0 Å². The van der Waals surface area contributed by atoms with E-state index in [1.165, 1.54) is 0 Å². The predicted octanol–water partition coefficient (Wildman–Crippen LogP) is 4.63. The zero-order valence-electron chi connectivity index (χ0n) is 15.8. The van der Waals surface area contributed by atoms with Crippen molar-refractivity contribution in [3.8, 4) is 0 Å². The van der Waals surface area contributed by atoms with Gasteiger partial charge in [-0.3, -0.25) is 9.59 Å². The largest absolute Gasteiger partial charge is 0.366 e. The summed E-state index contributed by atoms with van der Waals surface area (Å²) in [6, 6.07) is 9.42. The number of amides is 2. The fraction of sp³-hybridized carbons (Fsp3) is 0.273. The first-order chi connectivity index (χ1) is 13.9. The molecule has 0 spiro atoms. The normalized spacial score (nSPS) is 20.1.